The number of nitrogens with zero attached hydrogens (tertiary/aromatic N) is 1. The molecule has 0 bridgehead atoms. The lowest BCUT2D eigenvalue weighted by Crippen LogP contribution is -2.35. The van der Waals surface area contributed by atoms with Crippen LogP contribution >= 0.6 is 0 Å². The summed E-state index contributed by atoms with van der Waals surface area (Å²) in [6.45, 7) is 2.96. The van der Waals surface area contributed by atoms with Gasteiger partial charge < -0.3 is 9.84 Å². The molecule has 0 amide bonds. The van der Waals surface area contributed by atoms with Crippen LogP contribution in [0.4, 0.5) is 0 Å². The van der Waals surface area contributed by atoms with Gasteiger partial charge in [-0.3, -0.25) is 9.69 Å². The van der Waals surface area contributed by atoms with Crippen LogP contribution < -0.4 is 4.74 Å². The number of hydrogen-bond donors (Lipinski definition) is 1. The highest BCUT2D eigenvalue weighted by molar-refractivity contribution is 5.76. The van der Waals surface area contributed by atoms with E-state index in [0.29, 0.717) is 19.1 Å². The van der Waals surface area contributed by atoms with Crippen molar-refractivity contribution in [2.45, 2.75) is 25.9 Å². The van der Waals surface area contributed by atoms with Crippen LogP contribution in [0.3, 0.4) is 0 Å². The third-order valence-electron chi connectivity index (χ3n) is 6.17. The van der Waals surface area contributed by atoms with Gasteiger partial charge in [0.05, 0.1) is 5.41 Å². The van der Waals surface area contributed by atoms with Crippen LogP contribution in [0.1, 0.15) is 30.4 Å². The van der Waals surface area contributed by atoms with E-state index < -0.39 is 11.4 Å². The normalized spacial score (nSPS) is 24.5. The van der Waals surface area contributed by atoms with E-state index in [9.17, 15) is 9.90 Å². The molecular weight excluding hydrogens is 350 g/mol. The molecule has 0 radical (unpaired) electrons. The van der Waals surface area contributed by atoms with Crippen molar-refractivity contribution in [1.29, 1.82) is 0 Å². The molecule has 146 valence electrons. The molecule has 2 aromatic rings. The molecule has 4 rings (SSSR count). The van der Waals surface area contributed by atoms with E-state index >= 15 is 0 Å². The average Bonchev–Trinajstić information content (AvgIpc) is 3.26. The Hall–Kier alpha value is -2.59. The molecule has 1 N–H and O–H groups in total. The molecule has 1 aliphatic heterocycles. The largest absolute Gasteiger partial charge is 0.489 e. The van der Waals surface area contributed by atoms with Gasteiger partial charge in [0.25, 0.3) is 0 Å². The monoisotopic (exact) mass is 377 g/mol. The maximum atomic E-state index is 11.8. The van der Waals surface area contributed by atoms with Crippen LogP contribution in [0.5, 0.6) is 5.75 Å². The summed E-state index contributed by atoms with van der Waals surface area (Å²) in [5, 5.41) is 9.68. The maximum Gasteiger partial charge on any atom is 0.311 e. The number of rotatable bonds is 7. The number of carbonyl (C=O) groups is 1. The molecule has 1 heterocycles. The summed E-state index contributed by atoms with van der Waals surface area (Å²) in [6.07, 6.45) is 7.17. The van der Waals surface area contributed by atoms with Crippen LogP contribution in [-0.2, 0) is 11.4 Å². The lowest BCUT2D eigenvalue weighted by atomic mass is 9.81. The van der Waals surface area contributed by atoms with Crippen molar-refractivity contribution in [2.24, 2.45) is 11.3 Å². The zero-order chi connectivity index (χ0) is 19.4. The van der Waals surface area contributed by atoms with Crippen LogP contribution in [-0.4, -0.2) is 35.6 Å². The fourth-order valence-corrected chi connectivity index (χ4v) is 4.64. The summed E-state index contributed by atoms with van der Waals surface area (Å²) >= 11 is 0. The minimum Gasteiger partial charge on any atom is -0.489 e. The van der Waals surface area contributed by atoms with E-state index in [1.165, 1.54) is 0 Å². The number of benzene rings is 2. The first kappa shape index (κ1) is 18.8. The fraction of sp³-hybridized carbons (Fsp3) is 0.375. The summed E-state index contributed by atoms with van der Waals surface area (Å²) in [5.74, 6) is 0.573. The Bertz CT molecular complexity index is 831. The quantitative estimate of drug-likeness (QED) is 0.774. The Labute approximate surface area is 166 Å². The number of ether oxygens (including phenoxy) is 1. The Kier molecular flexibility index (Phi) is 5.49. The van der Waals surface area contributed by atoms with E-state index in [1.54, 1.807) is 0 Å². The third kappa shape index (κ3) is 3.97. The predicted molar refractivity (Wildman–Crippen MR) is 110 cm³/mol. The van der Waals surface area contributed by atoms with E-state index in [0.717, 1.165) is 49.2 Å². The molecule has 1 saturated carbocycles. The Morgan fingerprint density at radius 1 is 1.18 bits per heavy atom. The highest BCUT2D eigenvalue weighted by atomic mass is 16.5. The minimum atomic E-state index is -0.604. The van der Waals surface area contributed by atoms with E-state index in [-0.39, 0.29) is 0 Å². The molecule has 0 unspecified atom stereocenters. The number of fused-ring (bicyclic) bond motifs is 1. The zero-order valence-corrected chi connectivity index (χ0v) is 16.1. The van der Waals surface area contributed by atoms with Crippen molar-refractivity contribution >= 4 is 12.0 Å². The minimum absolute atomic E-state index is 0.319. The van der Waals surface area contributed by atoms with Crippen molar-refractivity contribution in [1.82, 2.24) is 4.90 Å². The van der Waals surface area contributed by atoms with Crippen molar-refractivity contribution in [3.63, 3.8) is 0 Å². The van der Waals surface area contributed by atoms with Gasteiger partial charge in [-0.2, -0.15) is 0 Å². The molecule has 4 heteroatoms. The van der Waals surface area contributed by atoms with Crippen LogP contribution in [0.25, 0.3) is 6.08 Å². The Balaban J connectivity index is 1.28. The van der Waals surface area contributed by atoms with Gasteiger partial charge in [-0.25, -0.2) is 0 Å². The standard InChI is InChI=1S/C24H27NO3/c26-23(27)24-14-4-9-21(24)16-25(18-24)15-5-8-19-10-12-22(13-11-19)28-17-20-6-2-1-3-7-20/h1-3,5-8,10-13,21H,4,9,14-18H2,(H,26,27)/b8-5+/t21-,24+/m0/s1. The van der Waals surface area contributed by atoms with Crippen molar-refractivity contribution in [3.05, 3.63) is 71.8 Å². The highest BCUT2D eigenvalue weighted by Gasteiger charge is 2.54. The molecular formula is C24H27NO3. The maximum absolute atomic E-state index is 11.8. The van der Waals surface area contributed by atoms with Gasteiger partial charge in [0, 0.05) is 19.6 Å². The second-order valence-corrected chi connectivity index (χ2v) is 7.99. The Morgan fingerprint density at radius 2 is 1.96 bits per heavy atom. The summed E-state index contributed by atoms with van der Waals surface area (Å²) in [5.41, 5.74) is 1.78. The van der Waals surface area contributed by atoms with Gasteiger partial charge in [0.1, 0.15) is 12.4 Å². The summed E-state index contributed by atoms with van der Waals surface area (Å²) < 4.78 is 5.82. The van der Waals surface area contributed by atoms with Crippen molar-refractivity contribution in [2.75, 3.05) is 19.6 Å². The number of carboxylic acid groups (broad SMARTS) is 1. The van der Waals surface area contributed by atoms with Crippen molar-refractivity contribution in [3.8, 4) is 5.75 Å². The molecule has 1 saturated heterocycles. The van der Waals surface area contributed by atoms with Gasteiger partial charge in [0.2, 0.25) is 0 Å². The second kappa shape index (κ2) is 8.19. The van der Waals surface area contributed by atoms with E-state index in [1.807, 2.05) is 42.5 Å². The molecule has 0 aromatic heterocycles. The van der Waals surface area contributed by atoms with Crippen LogP contribution in [0.2, 0.25) is 0 Å². The highest BCUT2D eigenvalue weighted by Crippen LogP contribution is 2.48. The first-order valence-electron chi connectivity index (χ1n) is 10.0. The predicted octanol–water partition coefficient (Wildman–Crippen LogP) is 4.47. The second-order valence-electron chi connectivity index (χ2n) is 7.99. The molecule has 28 heavy (non-hydrogen) atoms. The molecule has 2 atom stereocenters. The molecule has 2 aromatic carbocycles. The van der Waals surface area contributed by atoms with Gasteiger partial charge >= 0.3 is 5.97 Å². The topological polar surface area (TPSA) is 49.8 Å². The first-order valence-corrected chi connectivity index (χ1v) is 10.0. The fourth-order valence-electron chi connectivity index (χ4n) is 4.64. The van der Waals surface area contributed by atoms with Gasteiger partial charge in [0.15, 0.2) is 0 Å². The number of aliphatic carboxylic acids is 1. The molecule has 1 aliphatic carbocycles. The smallest absolute Gasteiger partial charge is 0.311 e. The zero-order valence-electron chi connectivity index (χ0n) is 16.1. The van der Waals surface area contributed by atoms with Crippen LogP contribution in [0, 0.1) is 11.3 Å². The lowest BCUT2D eigenvalue weighted by Gasteiger charge is -2.23. The first-order chi connectivity index (χ1) is 13.7. The van der Waals surface area contributed by atoms with Crippen LogP contribution in [0.15, 0.2) is 60.7 Å². The molecule has 4 nitrogen and oxygen atoms in total. The van der Waals surface area contributed by atoms with Gasteiger partial charge in [-0.1, -0.05) is 61.0 Å². The summed E-state index contributed by atoms with van der Waals surface area (Å²) in [4.78, 5) is 14.0. The summed E-state index contributed by atoms with van der Waals surface area (Å²) in [6, 6.07) is 18.2. The molecule has 2 aliphatic rings. The molecule has 0 spiro atoms. The lowest BCUT2D eigenvalue weighted by molar-refractivity contribution is -0.149. The number of carboxylic acids is 1. The summed E-state index contributed by atoms with van der Waals surface area (Å²) in [7, 11) is 0. The third-order valence-corrected chi connectivity index (χ3v) is 6.17. The number of likely N-dealkylation sites (tertiary alicyclic amines) is 1. The Morgan fingerprint density at radius 3 is 2.68 bits per heavy atom. The number of hydrogen-bond acceptors (Lipinski definition) is 3. The van der Waals surface area contributed by atoms with Gasteiger partial charge in [-0.15, -0.1) is 0 Å². The van der Waals surface area contributed by atoms with E-state index in [2.05, 4.69) is 29.2 Å². The molecule has 2 fully saturated rings. The average molecular weight is 377 g/mol. The van der Waals surface area contributed by atoms with Gasteiger partial charge in [-0.05, 0) is 42.0 Å². The van der Waals surface area contributed by atoms with Crippen molar-refractivity contribution < 1.29 is 14.6 Å². The van der Waals surface area contributed by atoms with E-state index in [4.69, 9.17) is 4.74 Å². The SMILES string of the molecule is O=C(O)[C@@]12CCC[C@H]1CN(C/C=C/c1ccc(OCc3ccccc3)cc1)C2.